The molecule has 0 bridgehead atoms. The topological polar surface area (TPSA) is 38.7 Å². The SMILES string of the molecule is COc1ccc(C(O)c2ccccc2OC)c(F)c1. The fourth-order valence-corrected chi connectivity index (χ4v) is 1.92. The quantitative estimate of drug-likeness (QED) is 0.920. The monoisotopic (exact) mass is 262 g/mol. The van der Waals surface area contributed by atoms with E-state index in [1.165, 1.54) is 26.4 Å². The largest absolute Gasteiger partial charge is 0.497 e. The van der Waals surface area contributed by atoms with Crippen molar-refractivity contribution in [3.63, 3.8) is 0 Å². The third-order valence-electron chi connectivity index (χ3n) is 2.94. The molecule has 0 aliphatic rings. The van der Waals surface area contributed by atoms with Crippen molar-refractivity contribution in [3.8, 4) is 11.5 Å². The lowest BCUT2D eigenvalue weighted by atomic mass is 10.00. The number of benzene rings is 2. The summed E-state index contributed by atoms with van der Waals surface area (Å²) in [6, 6.07) is 11.3. The van der Waals surface area contributed by atoms with Gasteiger partial charge < -0.3 is 14.6 Å². The highest BCUT2D eigenvalue weighted by molar-refractivity contribution is 5.41. The van der Waals surface area contributed by atoms with Gasteiger partial charge in [-0.2, -0.15) is 0 Å². The summed E-state index contributed by atoms with van der Waals surface area (Å²) in [5.41, 5.74) is 0.708. The van der Waals surface area contributed by atoms with Crippen molar-refractivity contribution in [2.24, 2.45) is 0 Å². The predicted octanol–water partition coefficient (Wildman–Crippen LogP) is 2.92. The van der Waals surface area contributed by atoms with Crippen molar-refractivity contribution < 1.29 is 19.0 Å². The summed E-state index contributed by atoms with van der Waals surface area (Å²) >= 11 is 0. The Balaban J connectivity index is 2.41. The van der Waals surface area contributed by atoms with Gasteiger partial charge in [-0.25, -0.2) is 4.39 Å². The van der Waals surface area contributed by atoms with E-state index in [0.29, 0.717) is 17.1 Å². The molecular formula is C15H15FO3. The van der Waals surface area contributed by atoms with Gasteiger partial charge in [0.25, 0.3) is 0 Å². The van der Waals surface area contributed by atoms with Gasteiger partial charge in [0.05, 0.1) is 14.2 Å². The predicted molar refractivity (Wildman–Crippen MR) is 70.0 cm³/mol. The maximum Gasteiger partial charge on any atom is 0.133 e. The van der Waals surface area contributed by atoms with E-state index in [2.05, 4.69) is 0 Å². The Morgan fingerprint density at radius 2 is 1.74 bits per heavy atom. The molecule has 0 fully saturated rings. The van der Waals surface area contributed by atoms with E-state index in [1.54, 1.807) is 30.3 Å². The highest BCUT2D eigenvalue weighted by Crippen LogP contribution is 2.32. The van der Waals surface area contributed by atoms with E-state index < -0.39 is 11.9 Å². The van der Waals surface area contributed by atoms with Crippen LogP contribution in [0, 0.1) is 5.82 Å². The Bertz CT molecular complexity index is 569. The van der Waals surface area contributed by atoms with Crippen LogP contribution in [0.5, 0.6) is 11.5 Å². The van der Waals surface area contributed by atoms with Gasteiger partial charge in [-0.15, -0.1) is 0 Å². The summed E-state index contributed by atoms with van der Waals surface area (Å²) in [5.74, 6) is 0.413. The van der Waals surface area contributed by atoms with Gasteiger partial charge in [-0.1, -0.05) is 18.2 Å². The van der Waals surface area contributed by atoms with Crippen molar-refractivity contribution in [2.45, 2.75) is 6.10 Å². The lowest BCUT2D eigenvalue weighted by Crippen LogP contribution is -2.04. The number of para-hydroxylation sites is 1. The van der Waals surface area contributed by atoms with Gasteiger partial charge >= 0.3 is 0 Å². The lowest BCUT2D eigenvalue weighted by molar-refractivity contribution is 0.209. The smallest absolute Gasteiger partial charge is 0.133 e. The van der Waals surface area contributed by atoms with Crippen molar-refractivity contribution in [2.75, 3.05) is 14.2 Å². The van der Waals surface area contributed by atoms with Crippen LogP contribution in [0.3, 0.4) is 0 Å². The molecule has 0 saturated heterocycles. The van der Waals surface area contributed by atoms with Crippen LogP contribution in [0.15, 0.2) is 42.5 Å². The summed E-state index contributed by atoms with van der Waals surface area (Å²) < 4.78 is 24.0. The van der Waals surface area contributed by atoms with Crippen LogP contribution in [0.2, 0.25) is 0 Å². The second-order valence-electron chi connectivity index (χ2n) is 4.03. The van der Waals surface area contributed by atoms with Crippen LogP contribution >= 0.6 is 0 Å². The summed E-state index contributed by atoms with van der Waals surface area (Å²) in [6.07, 6.45) is -1.08. The number of rotatable bonds is 4. The van der Waals surface area contributed by atoms with Crippen LogP contribution < -0.4 is 9.47 Å². The standard InChI is InChI=1S/C15H15FO3/c1-18-10-7-8-11(13(16)9-10)15(17)12-5-3-4-6-14(12)19-2/h3-9,15,17H,1-2H3. The second-order valence-corrected chi connectivity index (χ2v) is 4.03. The molecular weight excluding hydrogens is 247 g/mol. The van der Waals surface area contributed by atoms with E-state index in [-0.39, 0.29) is 5.56 Å². The first kappa shape index (κ1) is 13.4. The Morgan fingerprint density at radius 1 is 1.00 bits per heavy atom. The van der Waals surface area contributed by atoms with Gasteiger partial charge in [0.15, 0.2) is 0 Å². The molecule has 0 heterocycles. The molecule has 1 unspecified atom stereocenters. The Morgan fingerprint density at radius 3 is 2.37 bits per heavy atom. The molecule has 0 amide bonds. The Hall–Kier alpha value is -2.07. The van der Waals surface area contributed by atoms with Crippen LogP contribution in [0.25, 0.3) is 0 Å². The molecule has 1 N–H and O–H groups in total. The Labute approximate surface area is 111 Å². The van der Waals surface area contributed by atoms with Gasteiger partial charge in [-0.3, -0.25) is 0 Å². The summed E-state index contributed by atoms with van der Waals surface area (Å²) in [6.45, 7) is 0. The minimum Gasteiger partial charge on any atom is -0.497 e. The minimum absolute atomic E-state index is 0.185. The van der Waals surface area contributed by atoms with Crippen molar-refractivity contribution in [3.05, 3.63) is 59.4 Å². The average Bonchev–Trinajstić information content (AvgIpc) is 2.46. The minimum atomic E-state index is -1.08. The zero-order valence-corrected chi connectivity index (χ0v) is 10.8. The fourth-order valence-electron chi connectivity index (χ4n) is 1.92. The number of hydrogen-bond acceptors (Lipinski definition) is 3. The first-order chi connectivity index (χ1) is 9.17. The zero-order chi connectivity index (χ0) is 13.8. The van der Waals surface area contributed by atoms with Crippen molar-refractivity contribution >= 4 is 0 Å². The molecule has 19 heavy (non-hydrogen) atoms. The van der Waals surface area contributed by atoms with Crippen molar-refractivity contribution in [1.29, 1.82) is 0 Å². The van der Waals surface area contributed by atoms with Gasteiger partial charge in [0, 0.05) is 17.2 Å². The molecule has 4 heteroatoms. The summed E-state index contributed by atoms with van der Waals surface area (Å²) in [5, 5.41) is 10.3. The third-order valence-corrected chi connectivity index (χ3v) is 2.94. The van der Waals surface area contributed by atoms with E-state index >= 15 is 0 Å². The molecule has 0 radical (unpaired) electrons. The number of halogens is 1. The average molecular weight is 262 g/mol. The van der Waals surface area contributed by atoms with Crippen molar-refractivity contribution in [1.82, 2.24) is 0 Å². The molecule has 0 aliphatic heterocycles. The zero-order valence-electron chi connectivity index (χ0n) is 10.8. The van der Waals surface area contributed by atoms with Crippen LogP contribution in [-0.4, -0.2) is 19.3 Å². The van der Waals surface area contributed by atoms with Gasteiger partial charge in [0.1, 0.15) is 23.4 Å². The highest BCUT2D eigenvalue weighted by atomic mass is 19.1. The van der Waals surface area contributed by atoms with Gasteiger partial charge in [0.2, 0.25) is 0 Å². The molecule has 1 atom stereocenters. The number of aliphatic hydroxyl groups excluding tert-OH is 1. The normalized spacial score (nSPS) is 12.0. The number of hydrogen-bond donors (Lipinski definition) is 1. The van der Waals surface area contributed by atoms with E-state index in [0.717, 1.165) is 0 Å². The summed E-state index contributed by atoms with van der Waals surface area (Å²) in [4.78, 5) is 0. The number of aliphatic hydroxyl groups is 1. The molecule has 3 nitrogen and oxygen atoms in total. The third kappa shape index (κ3) is 2.69. The van der Waals surface area contributed by atoms with E-state index in [9.17, 15) is 9.50 Å². The van der Waals surface area contributed by atoms with E-state index in [4.69, 9.17) is 9.47 Å². The highest BCUT2D eigenvalue weighted by Gasteiger charge is 2.18. The maximum atomic E-state index is 13.9. The number of ether oxygens (including phenoxy) is 2. The Kier molecular flexibility index (Phi) is 4.02. The maximum absolute atomic E-state index is 13.9. The number of methoxy groups -OCH3 is 2. The molecule has 0 aliphatic carbocycles. The molecule has 2 aromatic carbocycles. The molecule has 2 aromatic rings. The molecule has 2 rings (SSSR count). The van der Waals surface area contributed by atoms with Crippen LogP contribution in [0.1, 0.15) is 17.2 Å². The first-order valence-corrected chi connectivity index (χ1v) is 5.81. The molecule has 0 saturated carbocycles. The van der Waals surface area contributed by atoms with Crippen LogP contribution in [0.4, 0.5) is 4.39 Å². The molecule has 0 spiro atoms. The summed E-state index contributed by atoms with van der Waals surface area (Å²) in [7, 11) is 2.97. The van der Waals surface area contributed by atoms with Gasteiger partial charge in [-0.05, 0) is 18.2 Å². The molecule has 0 aromatic heterocycles. The molecule has 100 valence electrons. The second kappa shape index (κ2) is 5.71. The van der Waals surface area contributed by atoms with E-state index in [1.807, 2.05) is 0 Å². The van der Waals surface area contributed by atoms with Crippen LogP contribution in [-0.2, 0) is 0 Å². The first-order valence-electron chi connectivity index (χ1n) is 5.81. The lowest BCUT2D eigenvalue weighted by Gasteiger charge is -2.16. The fraction of sp³-hybridized carbons (Fsp3) is 0.200.